The highest BCUT2D eigenvalue weighted by Gasteiger charge is 2.55. The second-order valence-corrected chi connectivity index (χ2v) is 10.8. The van der Waals surface area contributed by atoms with Crippen molar-refractivity contribution in [2.75, 3.05) is 0 Å². The van der Waals surface area contributed by atoms with Crippen LogP contribution in [-0.2, 0) is 18.3 Å². The van der Waals surface area contributed by atoms with E-state index in [0.717, 1.165) is 17.5 Å². The van der Waals surface area contributed by atoms with Gasteiger partial charge in [-0.15, -0.1) is 0 Å². The van der Waals surface area contributed by atoms with Crippen LogP contribution < -0.4 is 16.8 Å². The van der Waals surface area contributed by atoms with Crippen molar-refractivity contribution in [3.8, 4) is 11.8 Å². The van der Waals surface area contributed by atoms with Gasteiger partial charge in [0.1, 0.15) is 5.69 Å². The molecule has 5 rings (SSSR count). The van der Waals surface area contributed by atoms with Gasteiger partial charge in [0.2, 0.25) is 0 Å². The minimum Gasteiger partial charge on any atom is -0.341 e. The average Bonchev–Trinajstić information content (AvgIpc) is 3.70. The molecule has 5 N–H and O–H groups in total. The zero-order chi connectivity index (χ0) is 30.1. The Morgan fingerprint density at radius 1 is 1.14 bits per heavy atom. The number of halogens is 4. The molecule has 7 nitrogen and oxygen atoms in total. The van der Waals surface area contributed by atoms with Crippen LogP contribution in [0.2, 0.25) is 0 Å². The standard InChI is InChI=1S/C31H30F4N6O/c32-29(30(38,14-12-20-10-11-20)23-7-3-5-21(15-23)18-36)13-2-1-9-26(29)39-28(42)25-17-27(31(33,34)35)40-41(25)24-8-4-6-22(16-24)19-37/h1-9,13,15-17,20,26H,10-12,14,19,37-38H2,(H,39,42). The number of benzene rings is 2. The molecule has 0 spiro atoms. The lowest BCUT2D eigenvalue weighted by Crippen LogP contribution is -2.64. The zero-order valence-corrected chi connectivity index (χ0v) is 22.6. The molecular weight excluding hydrogens is 548 g/mol. The molecule has 1 heterocycles. The number of alkyl halides is 4. The Kier molecular flexibility index (Phi) is 7.79. The van der Waals surface area contributed by atoms with Gasteiger partial charge in [-0.05, 0) is 60.2 Å². The molecule has 3 atom stereocenters. The van der Waals surface area contributed by atoms with Crippen LogP contribution in [0.4, 0.5) is 17.6 Å². The highest BCUT2D eigenvalue weighted by molar-refractivity contribution is 5.94. The van der Waals surface area contributed by atoms with Gasteiger partial charge in [0, 0.05) is 12.6 Å². The number of carbonyl (C=O) groups excluding carboxylic acids is 1. The number of nitrogens with zero attached hydrogens (tertiary/aromatic N) is 3. The van der Waals surface area contributed by atoms with Crippen LogP contribution >= 0.6 is 0 Å². The second-order valence-electron chi connectivity index (χ2n) is 10.8. The van der Waals surface area contributed by atoms with E-state index >= 15 is 4.39 Å². The fourth-order valence-corrected chi connectivity index (χ4v) is 5.36. The Bertz CT molecular complexity index is 1580. The van der Waals surface area contributed by atoms with Gasteiger partial charge >= 0.3 is 6.18 Å². The third-order valence-electron chi connectivity index (χ3n) is 7.95. The van der Waals surface area contributed by atoms with Crippen LogP contribution in [0.15, 0.2) is 78.9 Å². The molecule has 1 amide bonds. The third kappa shape index (κ3) is 5.60. The van der Waals surface area contributed by atoms with E-state index in [1.54, 1.807) is 36.4 Å². The smallest absolute Gasteiger partial charge is 0.341 e. The number of carbonyl (C=O) groups is 1. The second kappa shape index (κ2) is 11.2. The van der Waals surface area contributed by atoms with E-state index in [1.807, 2.05) is 0 Å². The first-order chi connectivity index (χ1) is 20.0. The summed E-state index contributed by atoms with van der Waals surface area (Å²) < 4.78 is 59.5. The lowest BCUT2D eigenvalue weighted by atomic mass is 9.68. The van der Waals surface area contributed by atoms with E-state index in [2.05, 4.69) is 16.5 Å². The summed E-state index contributed by atoms with van der Waals surface area (Å²) >= 11 is 0. The van der Waals surface area contributed by atoms with Crippen LogP contribution in [0.5, 0.6) is 0 Å². The maximum absolute atomic E-state index is 17.5. The molecule has 1 fully saturated rings. The van der Waals surface area contributed by atoms with Crippen molar-refractivity contribution >= 4 is 5.91 Å². The molecule has 3 aromatic rings. The van der Waals surface area contributed by atoms with E-state index in [0.29, 0.717) is 35.1 Å². The number of hydrogen-bond donors (Lipinski definition) is 3. The Hall–Kier alpha value is -4.27. The molecule has 42 heavy (non-hydrogen) atoms. The van der Waals surface area contributed by atoms with E-state index in [1.165, 1.54) is 36.4 Å². The molecule has 11 heteroatoms. The molecule has 2 aliphatic carbocycles. The maximum Gasteiger partial charge on any atom is 0.435 e. The predicted octanol–water partition coefficient (Wildman–Crippen LogP) is 5.20. The Morgan fingerprint density at radius 3 is 2.60 bits per heavy atom. The van der Waals surface area contributed by atoms with Crippen LogP contribution in [0, 0.1) is 17.2 Å². The molecular formula is C31H30F4N6O. The monoisotopic (exact) mass is 578 g/mol. The molecule has 1 aromatic heterocycles. The Balaban J connectivity index is 1.54. The van der Waals surface area contributed by atoms with E-state index in [-0.39, 0.29) is 18.7 Å². The summed E-state index contributed by atoms with van der Waals surface area (Å²) in [5, 5.41) is 15.7. The number of nitriles is 1. The van der Waals surface area contributed by atoms with Gasteiger partial charge < -0.3 is 16.8 Å². The maximum atomic E-state index is 17.5. The summed E-state index contributed by atoms with van der Waals surface area (Å²) in [6.45, 7) is 0.124. The van der Waals surface area contributed by atoms with Gasteiger partial charge in [0.25, 0.3) is 5.91 Å². The zero-order valence-electron chi connectivity index (χ0n) is 22.6. The number of rotatable bonds is 9. The van der Waals surface area contributed by atoms with Gasteiger partial charge in [0.15, 0.2) is 11.4 Å². The molecule has 2 aromatic carbocycles. The van der Waals surface area contributed by atoms with Crippen molar-refractivity contribution in [3.63, 3.8) is 0 Å². The van der Waals surface area contributed by atoms with Crippen molar-refractivity contribution in [2.24, 2.45) is 17.4 Å². The van der Waals surface area contributed by atoms with E-state index in [4.69, 9.17) is 11.5 Å². The van der Waals surface area contributed by atoms with Crippen molar-refractivity contribution in [1.82, 2.24) is 15.1 Å². The molecule has 2 aliphatic rings. The number of hydrogen-bond acceptors (Lipinski definition) is 5. The quantitative estimate of drug-likeness (QED) is 0.301. The Labute approximate surface area is 240 Å². The van der Waals surface area contributed by atoms with Crippen LogP contribution in [-0.4, -0.2) is 27.4 Å². The Morgan fingerprint density at radius 2 is 1.90 bits per heavy atom. The van der Waals surface area contributed by atoms with Crippen LogP contribution in [0.1, 0.15) is 58.6 Å². The highest BCUT2D eigenvalue weighted by atomic mass is 19.4. The lowest BCUT2D eigenvalue weighted by molar-refractivity contribution is -0.141. The average molecular weight is 579 g/mol. The summed E-state index contributed by atoms with van der Waals surface area (Å²) in [5.41, 5.74) is 8.37. The summed E-state index contributed by atoms with van der Waals surface area (Å²) in [6, 6.07) is 14.0. The summed E-state index contributed by atoms with van der Waals surface area (Å²) in [5.74, 6) is -0.565. The van der Waals surface area contributed by atoms with Gasteiger partial charge in [-0.2, -0.15) is 23.5 Å². The molecule has 0 bridgehead atoms. The minimum absolute atomic E-state index is 0.124. The van der Waals surface area contributed by atoms with Gasteiger partial charge in [0.05, 0.1) is 28.9 Å². The number of nitrogens with one attached hydrogen (secondary N) is 1. The largest absolute Gasteiger partial charge is 0.435 e. The van der Waals surface area contributed by atoms with Crippen molar-refractivity contribution in [3.05, 3.63) is 107 Å². The van der Waals surface area contributed by atoms with Gasteiger partial charge in [-0.1, -0.05) is 55.3 Å². The van der Waals surface area contributed by atoms with E-state index in [9.17, 15) is 23.2 Å². The molecule has 0 radical (unpaired) electrons. The number of amides is 1. The number of aromatic nitrogens is 2. The normalized spacial score (nSPS) is 21.5. The van der Waals surface area contributed by atoms with Crippen molar-refractivity contribution in [1.29, 1.82) is 5.26 Å². The summed E-state index contributed by atoms with van der Waals surface area (Å²) in [4.78, 5) is 13.7. The van der Waals surface area contributed by atoms with Gasteiger partial charge in [-0.3, -0.25) is 4.79 Å². The topological polar surface area (TPSA) is 123 Å². The van der Waals surface area contributed by atoms with Gasteiger partial charge in [-0.25, -0.2) is 9.07 Å². The van der Waals surface area contributed by atoms with Crippen LogP contribution in [0.25, 0.3) is 5.69 Å². The molecule has 3 unspecified atom stereocenters. The van der Waals surface area contributed by atoms with Crippen molar-refractivity contribution in [2.45, 2.75) is 55.7 Å². The SMILES string of the molecule is N#Cc1cccc(C(N)(CCC2CC2)C2(F)C=CC=CC2NC(=O)c2cc(C(F)(F)F)nn2-c2cccc(CN)c2)c1. The predicted molar refractivity (Wildman–Crippen MR) is 149 cm³/mol. The highest BCUT2D eigenvalue weighted by Crippen LogP contribution is 2.46. The number of nitrogens with two attached hydrogens (primary N) is 2. The molecule has 1 saturated carbocycles. The molecule has 218 valence electrons. The third-order valence-corrected chi connectivity index (χ3v) is 7.95. The number of allylic oxidation sites excluding steroid dienone is 2. The summed E-state index contributed by atoms with van der Waals surface area (Å²) in [6.07, 6.45) is 3.77. The summed E-state index contributed by atoms with van der Waals surface area (Å²) in [7, 11) is 0. The molecule has 0 aliphatic heterocycles. The van der Waals surface area contributed by atoms with Crippen molar-refractivity contribution < 1.29 is 22.4 Å². The first-order valence-corrected chi connectivity index (χ1v) is 13.6. The van der Waals surface area contributed by atoms with E-state index < -0.39 is 40.7 Å². The fraction of sp³-hybridized carbons (Fsp3) is 0.323. The fourth-order valence-electron chi connectivity index (χ4n) is 5.36. The lowest BCUT2D eigenvalue weighted by Gasteiger charge is -2.46. The molecule has 0 saturated heterocycles. The van der Waals surface area contributed by atoms with Crippen LogP contribution in [0.3, 0.4) is 0 Å². The first-order valence-electron chi connectivity index (χ1n) is 13.6. The minimum atomic E-state index is -4.83. The first kappa shape index (κ1) is 29.2.